The molecule has 4 aromatic heterocycles. The number of hydrogen-bond donors (Lipinski definition) is 0. The Balaban J connectivity index is 1.15. The van der Waals surface area contributed by atoms with Crippen LogP contribution in [0.25, 0.3) is 111 Å². The molecule has 0 N–H and O–H groups in total. The lowest BCUT2D eigenvalue weighted by Gasteiger charge is -2.13. The van der Waals surface area contributed by atoms with Crippen molar-refractivity contribution in [2.75, 3.05) is 0 Å². The number of para-hydroxylation sites is 2. The first-order valence-electron chi connectivity index (χ1n) is 19.6. The topological polar surface area (TPSA) is 48.0 Å². The Kier molecular flexibility index (Phi) is 7.16. The van der Waals surface area contributed by atoms with Gasteiger partial charge in [-0.1, -0.05) is 158 Å². The lowest BCUT2D eigenvalue weighted by atomic mass is 9.99. The molecule has 8 aromatic carbocycles. The van der Waals surface area contributed by atoms with Gasteiger partial charge >= 0.3 is 0 Å². The average Bonchev–Trinajstić information content (AvgIpc) is 3.84. The van der Waals surface area contributed by atoms with E-state index in [1.165, 1.54) is 10.8 Å². The maximum absolute atomic E-state index is 5.44. The smallest absolute Gasteiger partial charge is 0.235 e. The van der Waals surface area contributed by atoms with E-state index in [4.69, 9.17) is 15.0 Å². The van der Waals surface area contributed by atoms with Crippen LogP contribution in [0, 0.1) is 0 Å². The van der Waals surface area contributed by atoms with E-state index in [0.717, 1.165) is 94.2 Å². The molecule has 0 fully saturated rings. The number of pyridine rings is 1. The zero-order valence-corrected chi connectivity index (χ0v) is 31.3. The van der Waals surface area contributed by atoms with Gasteiger partial charge in [-0.25, -0.2) is 15.0 Å². The second-order valence-corrected chi connectivity index (χ2v) is 14.9. The van der Waals surface area contributed by atoms with Crippen molar-refractivity contribution in [3.05, 3.63) is 200 Å². The Bertz CT molecular complexity index is 3460. The third kappa shape index (κ3) is 5.07. The molecular weight excluding hydrogens is 707 g/mol. The van der Waals surface area contributed by atoms with Gasteiger partial charge in [-0.05, 0) is 70.1 Å². The highest BCUT2D eigenvalue weighted by Gasteiger charge is 2.21. The van der Waals surface area contributed by atoms with E-state index in [1.54, 1.807) is 0 Å². The Morgan fingerprint density at radius 2 is 0.793 bits per heavy atom. The molecule has 270 valence electrons. The summed E-state index contributed by atoms with van der Waals surface area (Å²) in [4.78, 5) is 16.2. The SMILES string of the molecule is c1ccc(-c2cccc(-c3cc(-c4cccc(-c5ccccc5)c4)nc(-n4c5ccccc5c5cc6nc7c8ccccc8c8ccccc8n7c6cc54)n3)c2)cc1. The van der Waals surface area contributed by atoms with Crippen LogP contribution in [-0.2, 0) is 0 Å². The summed E-state index contributed by atoms with van der Waals surface area (Å²) >= 11 is 0. The van der Waals surface area contributed by atoms with E-state index in [-0.39, 0.29) is 0 Å². The van der Waals surface area contributed by atoms with Gasteiger partial charge in [0.1, 0.15) is 5.65 Å². The average molecular weight is 740 g/mol. The second-order valence-electron chi connectivity index (χ2n) is 14.9. The number of hydrogen-bond acceptors (Lipinski definition) is 3. The third-order valence-electron chi connectivity index (χ3n) is 11.5. The van der Waals surface area contributed by atoms with Crippen LogP contribution in [0.2, 0.25) is 0 Å². The standard InChI is InChI=1S/C53H33N5/c1-3-15-34(16-4-1)36-19-13-21-38(29-36)45-32-46(39-22-14-20-37(30-39)35-17-5-2-6-18-35)56-53(55-45)58-49-28-12-10-25-42(49)44-31-47-51(33-50(44)58)57-48-27-11-9-24-41(48)40-23-7-8-26-43(40)52(57)54-47/h1-33H. The minimum absolute atomic E-state index is 0.609. The summed E-state index contributed by atoms with van der Waals surface area (Å²) in [6.45, 7) is 0. The summed E-state index contributed by atoms with van der Waals surface area (Å²) in [5, 5.41) is 5.75. The molecular formula is C53H33N5. The largest absolute Gasteiger partial charge is 0.292 e. The van der Waals surface area contributed by atoms with Gasteiger partial charge in [0.15, 0.2) is 0 Å². The molecule has 4 heterocycles. The predicted molar refractivity (Wildman–Crippen MR) is 239 cm³/mol. The van der Waals surface area contributed by atoms with Gasteiger partial charge in [-0.3, -0.25) is 8.97 Å². The van der Waals surface area contributed by atoms with Crippen molar-refractivity contribution in [1.82, 2.24) is 23.9 Å². The molecule has 0 unspecified atom stereocenters. The number of benzene rings is 8. The van der Waals surface area contributed by atoms with Crippen LogP contribution in [0.1, 0.15) is 0 Å². The molecule has 0 saturated heterocycles. The van der Waals surface area contributed by atoms with Crippen molar-refractivity contribution in [2.24, 2.45) is 0 Å². The molecule has 0 amide bonds. The van der Waals surface area contributed by atoms with Crippen LogP contribution in [0.15, 0.2) is 200 Å². The monoisotopic (exact) mass is 739 g/mol. The van der Waals surface area contributed by atoms with Gasteiger partial charge in [-0.2, -0.15) is 0 Å². The summed E-state index contributed by atoms with van der Waals surface area (Å²) < 4.78 is 4.56. The maximum atomic E-state index is 5.44. The Labute approximate surface area is 333 Å². The summed E-state index contributed by atoms with van der Waals surface area (Å²) in [6.07, 6.45) is 0. The molecule has 12 rings (SSSR count). The van der Waals surface area contributed by atoms with E-state index >= 15 is 0 Å². The summed E-state index contributed by atoms with van der Waals surface area (Å²) in [6, 6.07) is 70.8. The van der Waals surface area contributed by atoms with Gasteiger partial charge in [-0.15, -0.1) is 0 Å². The molecule has 0 bridgehead atoms. The zero-order chi connectivity index (χ0) is 38.2. The minimum Gasteiger partial charge on any atom is -0.292 e. The van der Waals surface area contributed by atoms with Crippen molar-refractivity contribution in [3.63, 3.8) is 0 Å². The molecule has 58 heavy (non-hydrogen) atoms. The number of nitrogens with zero attached hydrogens (tertiary/aromatic N) is 5. The highest BCUT2D eigenvalue weighted by Crippen LogP contribution is 2.39. The van der Waals surface area contributed by atoms with Crippen LogP contribution >= 0.6 is 0 Å². The van der Waals surface area contributed by atoms with Crippen LogP contribution in [0.5, 0.6) is 0 Å². The zero-order valence-electron chi connectivity index (χ0n) is 31.3. The first-order chi connectivity index (χ1) is 28.7. The van der Waals surface area contributed by atoms with Gasteiger partial charge in [0.2, 0.25) is 5.95 Å². The lowest BCUT2D eigenvalue weighted by molar-refractivity contribution is 0.996. The molecule has 5 nitrogen and oxygen atoms in total. The predicted octanol–water partition coefficient (Wildman–Crippen LogP) is 13.3. The van der Waals surface area contributed by atoms with Crippen molar-refractivity contribution >= 4 is 60.2 Å². The van der Waals surface area contributed by atoms with Crippen LogP contribution in [-0.4, -0.2) is 23.9 Å². The van der Waals surface area contributed by atoms with E-state index in [1.807, 2.05) is 0 Å². The molecule has 5 heteroatoms. The molecule has 0 aliphatic rings. The fourth-order valence-corrected chi connectivity index (χ4v) is 8.80. The number of rotatable bonds is 5. The molecule has 0 atom stereocenters. The number of imidazole rings is 1. The molecule has 0 saturated carbocycles. The highest BCUT2D eigenvalue weighted by molar-refractivity contribution is 6.17. The summed E-state index contributed by atoms with van der Waals surface area (Å²) in [7, 11) is 0. The van der Waals surface area contributed by atoms with Crippen molar-refractivity contribution in [1.29, 1.82) is 0 Å². The summed E-state index contributed by atoms with van der Waals surface area (Å²) in [5.41, 5.74) is 14.5. The summed E-state index contributed by atoms with van der Waals surface area (Å²) in [5.74, 6) is 0.609. The number of fused-ring (bicyclic) bond motifs is 11. The van der Waals surface area contributed by atoms with Crippen LogP contribution in [0.4, 0.5) is 0 Å². The van der Waals surface area contributed by atoms with Gasteiger partial charge in [0, 0.05) is 32.7 Å². The lowest BCUT2D eigenvalue weighted by Crippen LogP contribution is -2.04. The normalized spacial score (nSPS) is 11.8. The fraction of sp³-hybridized carbons (Fsp3) is 0. The highest BCUT2D eigenvalue weighted by atomic mass is 15.2. The van der Waals surface area contributed by atoms with Gasteiger partial charge < -0.3 is 0 Å². The van der Waals surface area contributed by atoms with Crippen molar-refractivity contribution in [3.8, 4) is 50.7 Å². The van der Waals surface area contributed by atoms with Gasteiger partial charge in [0.05, 0.1) is 39.0 Å². The van der Waals surface area contributed by atoms with Crippen LogP contribution in [0.3, 0.4) is 0 Å². The first-order valence-corrected chi connectivity index (χ1v) is 19.6. The first kappa shape index (κ1) is 32.4. The molecule has 0 spiro atoms. The Morgan fingerprint density at radius 1 is 0.293 bits per heavy atom. The number of aromatic nitrogens is 5. The third-order valence-corrected chi connectivity index (χ3v) is 11.5. The van der Waals surface area contributed by atoms with E-state index in [2.05, 4.69) is 209 Å². The fourth-order valence-electron chi connectivity index (χ4n) is 8.80. The molecule has 0 aliphatic heterocycles. The Morgan fingerprint density at radius 3 is 1.43 bits per heavy atom. The maximum Gasteiger partial charge on any atom is 0.235 e. The van der Waals surface area contributed by atoms with E-state index in [0.29, 0.717) is 5.95 Å². The van der Waals surface area contributed by atoms with Crippen molar-refractivity contribution < 1.29 is 0 Å². The quantitative estimate of drug-likeness (QED) is 0.165. The Hall–Kier alpha value is -7.89. The van der Waals surface area contributed by atoms with Crippen LogP contribution < -0.4 is 0 Å². The van der Waals surface area contributed by atoms with Crippen molar-refractivity contribution in [2.45, 2.75) is 0 Å². The van der Waals surface area contributed by atoms with Gasteiger partial charge in [0.25, 0.3) is 0 Å². The second kappa shape index (κ2) is 12.8. The van der Waals surface area contributed by atoms with E-state index < -0.39 is 0 Å². The molecule has 0 aliphatic carbocycles. The molecule has 0 radical (unpaired) electrons. The van der Waals surface area contributed by atoms with E-state index in [9.17, 15) is 0 Å². The minimum atomic E-state index is 0.609. The molecule has 12 aromatic rings.